The lowest BCUT2D eigenvalue weighted by atomic mass is 10.1. The van der Waals surface area contributed by atoms with E-state index >= 15 is 0 Å². The molecular weight excluding hydrogens is 253 g/mol. The van der Waals surface area contributed by atoms with Crippen LogP contribution in [0.3, 0.4) is 0 Å². The third-order valence-corrected chi connectivity index (χ3v) is 2.04. The maximum atomic E-state index is 12.4. The van der Waals surface area contributed by atoms with Gasteiger partial charge in [0.1, 0.15) is 5.75 Å². The van der Waals surface area contributed by atoms with Gasteiger partial charge in [0, 0.05) is 0 Å². The van der Waals surface area contributed by atoms with Crippen LogP contribution in [0.1, 0.15) is 22.8 Å². The van der Waals surface area contributed by atoms with Gasteiger partial charge in [0.25, 0.3) is 0 Å². The molecule has 4 nitrogen and oxygen atoms in total. The Morgan fingerprint density at radius 2 is 1.94 bits per heavy atom. The summed E-state index contributed by atoms with van der Waals surface area (Å²) < 4.78 is 42.0. The van der Waals surface area contributed by atoms with E-state index in [1.807, 2.05) is 0 Å². The maximum absolute atomic E-state index is 12.4. The molecule has 0 saturated carbocycles. The molecule has 7 heteroatoms. The molecule has 0 fully saturated rings. The van der Waals surface area contributed by atoms with Crippen molar-refractivity contribution in [3.8, 4) is 5.75 Å². The van der Waals surface area contributed by atoms with Crippen LogP contribution in [0.25, 0.3) is 0 Å². The minimum Gasteiger partial charge on any atom is -0.481 e. The van der Waals surface area contributed by atoms with E-state index in [2.05, 4.69) is 0 Å². The molecule has 0 saturated heterocycles. The molecule has 0 radical (unpaired) electrons. The molecule has 0 aliphatic rings. The van der Waals surface area contributed by atoms with Gasteiger partial charge in [-0.15, -0.1) is 0 Å². The number of rotatable bonds is 4. The molecule has 0 amide bonds. The number of halogens is 3. The zero-order chi connectivity index (χ0) is 13.9. The molecule has 1 N–H and O–H groups in total. The van der Waals surface area contributed by atoms with Gasteiger partial charge in [-0.1, -0.05) is 0 Å². The highest BCUT2D eigenvalue weighted by molar-refractivity contribution is 5.97. The largest absolute Gasteiger partial charge is 0.481 e. The van der Waals surface area contributed by atoms with Crippen molar-refractivity contribution in [1.29, 1.82) is 0 Å². The number of aliphatic carboxylic acids is 1. The molecule has 0 aliphatic heterocycles. The van der Waals surface area contributed by atoms with Gasteiger partial charge in [0.05, 0.1) is 11.1 Å². The van der Waals surface area contributed by atoms with E-state index in [-0.39, 0.29) is 11.3 Å². The molecule has 1 aromatic rings. The van der Waals surface area contributed by atoms with Crippen molar-refractivity contribution in [2.24, 2.45) is 0 Å². The van der Waals surface area contributed by atoms with E-state index in [0.29, 0.717) is 6.07 Å². The van der Waals surface area contributed by atoms with Crippen LogP contribution >= 0.6 is 0 Å². The van der Waals surface area contributed by atoms with Crippen molar-refractivity contribution in [2.75, 3.05) is 6.61 Å². The first kappa shape index (κ1) is 14.0. The third kappa shape index (κ3) is 3.47. The van der Waals surface area contributed by atoms with Crippen molar-refractivity contribution >= 4 is 11.8 Å². The first-order valence-corrected chi connectivity index (χ1v) is 4.78. The Kier molecular flexibility index (Phi) is 3.95. The molecule has 0 atom stereocenters. The number of Topliss-reactive ketones (excluding diaryl/α,β-unsaturated/α-hetero) is 1. The van der Waals surface area contributed by atoms with Gasteiger partial charge in [0.15, 0.2) is 12.4 Å². The third-order valence-electron chi connectivity index (χ3n) is 2.04. The number of carboxylic acid groups (broad SMARTS) is 1. The molecule has 0 unspecified atom stereocenters. The minimum absolute atomic E-state index is 0.182. The molecule has 98 valence electrons. The summed E-state index contributed by atoms with van der Waals surface area (Å²) in [5, 5.41) is 8.40. The summed E-state index contributed by atoms with van der Waals surface area (Å²) in [6.07, 6.45) is -4.57. The van der Waals surface area contributed by atoms with Gasteiger partial charge in [-0.05, 0) is 25.1 Å². The number of hydrogen-bond donors (Lipinski definition) is 1. The van der Waals surface area contributed by atoms with Crippen LogP contribution in [0.2, 0.25) is 0 Å². The molecule has 1 rings (SSSR count). The number of carbonyl (C=O) groups is 2. The molecule has 1 aromatic carbocycles. The Morgan fingerprint density at radius 1 is 1.33 bits per heavy atom. The number of carbonyl (C=O) groups excluding carboxylic acids is 1. The highest BCUT2D eigenvalue weighted by atomic mass is 19.4. The van der Waals surface area contributed by atoms with Gasteiger partial charge in [-0.25, -0.2) is 4.79 Å². The summed E-state index contributed by atoms with van der Waals surface area (Å²) in [7, 11) is 0. The Labute approximate surface area is 100.0 Å². The van der Waals surface area contributed by atoms with Crippen LogP contribution in [0.15, 0.2) is 18.2 Å². The topological polar surface area (TPSA) is 63.6 Å². The number of benzene rings is 1. The van der Waals surface area contributed by atoms with Gasteiger partial charge < -0.3 is 9.84 Å². The van der Waals surface area contributed by atoms with Crippen LogP contribution in [0.5, 0.6) is 5.75 Å². The fraction of sp³-hybridized carbons (Fsp3) is 0.273. The summed E-state index contributed by atoms with van der Waals surface area (Å²) in [5.41, 5.74) is -1.29. The van der Waals surface area contributed by atoms with Crippen LogP contribution in [0, 0.1) is 0 Å². The lowest BCUT2D eigenvalue weighted by Crippen LogP contribution is -2.13. The zero-order valence-corrected chi connectivity index (χ0v) is 9.25. The molecule has 0 heterocycles. The average molecular weight is 262 g/mol. The Morgan fingerprint density at radius 3 is 2.39 bits per heavy atom. The van der Waals surface area contributed by atoms with Crippen molar-refractivity contribution in [2.45, 2.75) is 13.1 Å². The van der Waals surface area contributed by atoms with Crippen LogP contribution < -0.4 is 4.74 Å². The second-order valence-electron chi connectivity index (χ2n) is 3.45. The standard InChI is InChI=1S/C11H9F3O4/c1-6(15)8-4-7(11(12,13)14)2-3-9(8)18-5-10(16)17/h2-4H,5H2,1H3,(H,16,17). The van der Waals surface area contributed by atoms with E-state index in [1.165, 1.54) is 0 Å². The zero-order valence-electron chi connectivity index (χ0n) is 9.25. The molecule has 0 bridgehead atoms. The SMILES string of the molecule is CC(=O)c1cc(C(F)(F)F)ccc1OCC(=O)O. The van der Waals surface area contributed by atoms with Gasteiger partial charge in [-0.2, -0.15) is 13.2 Å². The van der Waals surface area contributed by atoms with Gasteiger partial charge in [-0.3, -0.25) is 4.79 Å². The second kappa shape index (κ2) is 5.07. The number of carboxylic acids is 1. The summed E-state index contributed by atoms with van der Waals surface area (Å²) in [4.78, 5) is 21.5. The normalized spacial score (nSPS) is 11.1. The second-order valence-corrected chi connectivity index (χ2v) is 3.45. The Hall–Kier alpha value is -2.05. The summed E-state index contributed by atoms with van der Waals surface area (Å²) in [6.45, 7) is 0.342. The Balaban J connectivity index is 3.13. The van der Waals surface area contributed by atoms with Crippen molar-refractivity contribution in [3.63, 3.8) is 0 Å². The van der Waals surface area contributed by atoms with Gasteiger partial charge >= 0.3 is 12.1 Å². The number of hydrogen-bond acceptors (Lipinski definition) is 3. The van der Waals surface area contributed by atoms with Crippen LogP contribution in [-0.4, -0.2) is 23.5 Å². The predicted octanol–water partition coefficient (Wildman–Crippen LogP) is 2.37. The van der Waals surface area contributed by atoms with Crippen molar-refractivity contribution in [1.82, 2.24) is 0 Å². The smallest absolute Gasteiger partial charge is 0.416 e. The number of ether oxygens (including phenoxy) is 1. The van der Waals surface area contributed by atoms with E-state index in [9.17, 15) is 22.8 Å². The highest BCUT2D eigenvalue weighted by Crippen LogP contribution is 2.32. The summed E-state index contributed by atoms with van der Waals surface area (Å²) in [6, 6.07) is 2.30. The monoisotopic (exact) mass is 262 g/mol. The summed E-state index contributed by atoms with van der Waals surface area (Å²) >= 11 is 0. The maximum Gasteiger partial charge on any atom is 0.416 e. The molecule has 18 heavy (non-hydrogen) atoms. The molecular formula is C11H9F3O4. The van der Waals surface area contributed by atoms with Crippen molar-refractivity contribution < 1.29 is 32.6 Å². The van der Waals surface area contributed by atoms with E-state index < -0.39 is 30.1 Å². The lowest BCUT2D eigenvalue weighted by molar-refractivity contribution is -0.140. The van der Waals surface area contributed by atoms with Crippen molar-refractivity contribution in [3.05, 3.63) is 29.3 Å². The molecule has 0 aromatic heterocycles. The molecule has 0 aliphatic carbocycles. The number of ketones is 1. The number of alkyl halides is 3. The first-order valence-electron chi connectivity index (χ1n) is 4.78. The highest BCUT2D eigenvalue weighted by Gasteiger charge is 2.31. The summed E-state index contributed by atoms with van der Waals surface area (Å²) in [5.74, 6) is -2.11. The average Bonchev–Trinajstić information content (AvgIpc) is 2.24. The van der Waals surface area contributed by atoms with E-state index in [1.54, 1.807) is 0 Å². The fourth-order valence-electron chi connectivity index (χ4n) is 1.25. The fourth-order valence-corrected chi connectivity index (χ4v) is 1.25. The van der Waals surface area contributed by atoms with Crippen LogP contribution in [0.4, 0.5) is 13.2 Å². The van der Waals surface area contributed by atoms with Gasteiger partial charge in [0.2, 0.25) is 0 Å². The van der Waals surface area contributed by atoms with E-state index in [4.69, 9.17) is 9.84 Å². The lowest BCUT2D eigenvalue weighted by Gasteiger charge is -2.11. The van der Waals surface area contributed by atoms with E-state index in [0.717, 1.165) is 19.1 Å². The quantitative estimate of drug-likeness (QED) is 0.846. The van der Waals surface area contributed by atoms with Crippen LogP contribution in [-0.2, 0) is 11.0 Å². The first-order chi connectivity index (χ1) is 8.21. The Bertz CT molecular complexity index is 480. The minimum atomic E-state index is -4.57. The molecule has 0 spiro atoms. The predicted molar refractivity (Wildman–Crippen MR) is 54.6 cm³/mol.